The largest absolute Gasteiger partial charge is 0.478 e. The molecule has 0 bridgehead atoms. The van der Waals surface area contributed by atoms with Gasteiger partial charge in [0, 0.05) is 18.9 Å². The molecule has 3 rings (SSSR count). The van der Waals surface area contributed by atoms with E-state index in [2.05, 4.69) is 57.8 Å². The first-order valence-corrected chi connectivity index (χ1v) is 14.9. The van der Waals surface area contributed by atoms with Crippen molar-refractivity contribution in [3.05, 3.63) is 78.0 Å². The highest BCUT2D eigenvalue weighted by Crippen LogP contribution is 2.32. The van der Waals surface area contributed by atoms with Gasteiger partial charge in [-0.1, -0.05) is 87.4 Å². The fraction of sp³-hybridized carbons (Fsp3) is 0.455. The van der Waals surface area contributed by atoms with Gasteiger partial charge in [-0.15, -0.1) is 0 Å². The second kappa shape index (κ2) is 17.8. The number of fused-ring (bicyclic) bond motifs is 1. The zero-order valence-electron chi connectivity index (χ0n) is 24.1. The number of unbranched alkanes of at least 4 members (excludes halogenated alkanes) is 7. The minimum atomic E-state index is -1.02. The van der Waals surface area contributed by atoms with Crippen LogP contribution >= 0.6 is 0 Å². The molecular weight excluding hydrogens is 514 g/mol. The first-order valence-electron chi connectivity index (χ1n) is 14.9. The van der Waals surface area contributed by atoms with Crippen molar-refractivity contribution in [1.29, 1.82) is 0 Å². The van der Waals surface area contributed by atoms with E-state index >= 15 is 0 Å². The normalized spacial score (nSPS) is 13.1. The maximum absolute atomic E-state index is 11.7. The van der Waals surface area contributed by atoms with Crippen LogP contribution in [0.15, 0.2) is 77.4 Å². The number of aliphatic hydroxyl groups is 1. The number of guanidine groups is 1. The van der Waals surface area contributed by atoms with Gasteiger partial charge in [-0.05, 0) is 65.6 Å². The Morgan fingerprint density at radius 1 is 0.878 bits per heavy atom. The third-order valence-electron chi connectivity index (χ3n) is 7.64. The Morgan fingerprint density at radius 2 is 1.59 bits per heavy atom. The summed E-state index contributed by atoms with van der Waals surface area (Å²) in [5.41, 5.74) is 13.1. The summed E-state index contributed by atoms with van der Waals surface area (Å²) in [6, 6.07) is 18.8. The molecule has 0 unspecified atom stereocenters. The number of H-pyrrole nitrogens is 1. The number of carboxylic acids is 1. The third-order valence-corrected chi connectivity index (χ3v) is 7.64. The second-order valence-corrected chi connectivity index (χ2v) is 10.8. The number of aromatic nitrogens is 1. The van der Waals surface area contributed by atoms with Gasteiger partial charge >= 0.3 is 5.97 Å². The van der Waals surface area contributed by atoms with Crippen LogP contribution in [0.2, 0.25) is 0 Å². The number of carboxylic acid groups (broad SMARTS) is 1. The van der Waals surface area contributed by atoms with E-state index in [0.29, 0.717) is 18.1 Å². The van der Waals surface area contributed by atoms with Gasteiger partial charge in [0.05, 0.1) is 12.6 Å². The molecule has 41 heavy (non-hydrogen) atoms. The third kappa shape index (κ3) is 11.7. The highest BCUT2D eigenvalue weighted by molar-refractivity contribution is 5.83. The molecule has 0 aliphatic rings. The van der Waals surface area contributed by atoms with E-state index in [1.54, 1.807) is 0 Å². The van der Waals surface area contributed by atoms with E-state index in [-0.39, 0.29) is 18.5 Å². The second-order valence-electron chi connectivity index (χ2n) is 10.8. The number of aliphatic carboxylic acids is 1. The molecule has 8 nitrogen and oxygen atoms in total. The van der Waals surface area contributed by atoms with E-state index in [4.69, 9.17) is 16.6 Å². The van der Waals surface area contributed by atoms with E-state index in [1.165, 1.54) is 54.5 Å². The lowest BCUT2D eigenvalue weighted by molar-refractivity contribution is -0.131. The Balaban J connectivity index is 1.74. The zero-order chi connectivity index (χ0) is 29.3. The van der Waals surface area contributed by atoms with E-state index in [1.807, 2.05) is 18.3 Å². The number of hydrogen-bond donors (Lipinski definition) is 6. The first kappa shape index (κ1) is 31.7. The lowest BCUT2D eigenvalue weighted by atomic mass is 9.85. The number of nitrogens with one attached hydrogen (secondary N) is 2. The number of nitrogens with zero attached hydrogens (tertiary/aromatic N) is 1. The van der Waals surface area contributed by atoms with Gasteiger partial charge in [0.25, 0.3) is 0 Å². The van der Waals surface area contributed by atoms with Crippen molar-refractivity contribution in [2.45, 2.75) is 82.6 Å². The van der Waals surface area contributed by atoms with Crippen molar-refractivity contribution in [3.8, 4) is 0 Å². The van der Waals surface area contributed by atoms with E-state index in [9.17, 15) is 9.90 Å². The van der Waals surface area contributed by atoms with Crippen LogP contribution in [0, 0.1) is 0 Å². The van der Waals surface area contributed by atoms with Crippen molar-refractivity contribution >= 4 is 28.5 Å². The van der Waals surface area contributed by atoms with Crippen LogP contribution < -0.4 is 16.8 Å². The molecule has 2 aromatic carbocycles. The molecule has 0 aliphatic heterocycles. The smallest absolute Gasteiger partial charge is 0.328 e. The topological polar surface area (TPSA) is 150 Å². The lowest BCUT2D eigenvalue weighted by Gasteiger charge is -2.25. The Kier molecular flexibility index (Phi) is 13.8. The summed E-state index contributed by atoms with van der Waals surface area (Å²) in [6.45, 7) is 0.408. The number of anilines is 1. The summed E-state index contributed by atoms with van der Waals surface area (Å²) in [5.74, 6) is 0.0670. The molecule has 8 N–H and O–H groups in total. The van der Waals surface area contributed by atoms with Crippen molar-refractivity contribution < 1.29 is 15.0 Å². The van der Waals surface area contributed by atoms with Gasteiger partial charge in [0.2, 0.25) is 0 Å². The van der Waals surface area contributed by atoms with Gasteiger partial charge in [0.1, 0.15) is 5.82 Å². The van der Waals surface area contributed by atoms with Crippen LogP contribution in [0.25, 0.3) is 10.8 Å². The average Bonchev–Trinajstić information content (AvgIpc) is 3.48. The van der Waals surface area contributed by atoms with Crippen LogP contribution in [-0.2, 0) is 4.79 Å². The van der Waals surface area contributed by atoms with Crippen molar-refractivity contribution in [2.24, 2.45) is 16.5 Å². The summed E-state index contributed by atoms with van der Waals surface area (Å²) in [7, 11) is 0. The minimum absolute atomic E-state index is 0.0673. The molecule has 8 heteroatoms. The molecule has 0 fully saturated rings. The number of aliphatic imine (C=N–C) groups is 1. The number of hydrogen-bond acceptors (Lipinski definition) is 4. The number of aromatic amines is 1. The fourth-order valence-electron chi connectivity index (χ4n) is 5.43. The number of carbonyl (C=O) groups is 1. The van der Waals surface area contributed by atoms with Crippen LogP contribution in [-0.4, -0.2) is 46.3 Å². The van der Waals surface area contributed by atoms with E-state index in [0.717, 1.165) is 44.3 Å². The molecule has 0 saturated heterocycles. The summed E-state index contributed by atoms with van der Waals surface area (Å²) in [4.78, 5) is 19.0. The Morgan fingerprint density at radius 3 is 2.24 bits per heavy atom. The van der Waals surface area contributed by atoms with Crippen LogP contribution in [0.4, 0.5) is 5.82 Å². The summed E-state index contributed by atoms with van der Waals surface area (Å²) in [6.07, 6.45) is 15.0. The lowest BCUT2D eigenvalue weighted by Crippen LogP contribution is -2.28. The minimum Gasteiger partial charge on any atom is -0.478 e. The highest BCUT2D eigenvalue weighted by Gasteiger charge is 2.20. The number of aliphatic hydroxyl groups excluding tert-OH is 1. The highest BCUT2D eigenvalue weighted by atomic mass is 16.4. The maximum atomic E-state index is 11.7. The van der Waals surface area contributed by atoms with E-state index < -0.39 is 5.97 Å². The number of rotatable bonds is 20. The predicted molar refractivity (Wildman–Crippen MR) is 169 cm³/mol. The van der Waals surface area contributed by atoms with Gasteiger partial charge in [-0.25, -0.2) is 9.79 Å². The predicted octanol–water partition coefficient (Wildman–Crippen LogP) is 6.30. The molecule has 0 aliphatic carbocycles. The quantitative estimate of drug-likeness (QED) is 0.0412. The Bertz CT molecular complexity index is 1230. The molecule has 0 amide bonds. The Labute approximate surface area is 243 Å². The maximum Gasteiger partial charge on any atom is 0.328 e. The average molecular weight is 562 g/mol. The van der Waals surface area contributed by atoms with Crippen LogP contribution in [0.3, 0.4) is 0 Å². The van der Waals surface area contributed by atoms with Crippen molar-refractivity contribution in [3.63, 3.8) is 0 Å². The van der Waals surface area contributed by atoms with Gasteiger partial charge in [-0.3, -0.25) is 0 Å². The number of nitrogens with two attached hydrogens (primary N) is 2. The van der Waals surface area contributed by atoms with Gasteiger partial charge in [-0.2, -0.15) is 0 Å². The molecule has 0 saturated carbocycles. The Hall–Kier alpha value is -3.78. The van der Waals surface area contributed by atoms with Crippen LogP contribution in [0.5, 0.6) is 0 Å². The first-order chi connectivity index (χ1) is 20.0. The number of benzene rings is 2. The van der Waals surface area contributed by atoms with Gasteiger partial charge in [0.15, 0.2) is 5.96 Å². The SMILES string of the molecule is NC(N)=NC/C(=C\C(=O)O)[C@H](CC[C@H](CCCCCCCCCCO)c1ccc2ccccc2c1)Nc1ccc[nH]1. The summed E-state index contributed by atoms with van der Waals surface area (Å²) in [5, 5.41) is 24.5. The standard InChI is InChI=1S/C33H47N5O3/c34-33(35)37-24-29(23-32(40)41)30(38-31-15-11-20-36-31)19-18-26(12-7-5-3-1-2-4-6-10-21-39)28-17-16-25-13-8-9-14-27(25)22-28/h8-9,11,13-17,20,22-23,26,30,36,38-39H,1-7,10,12,18-19,21,24H2,(H,40,41)(H4,34,35,37)/b29-23+/t26-,30-/m0/s1. The molecule has 2 atom stereocenters. The summed E-state index contributed by atoms with van der Waals surface area (Å²) < 4.78 is 0. The van der Waals surface area contributed by atoms with Crippen LogP contribution in [0.1, 0.15) is 82.1 Å². The van der Waals surface area contributed by atoms with Crippen molar-refractivity contribution in [2.75, 3.05) is 18.5 Å². The molecule has 1 aromatic heterocycles. The van der Waals surface area contributed by atoms with Gasteiger partial charge < -0.3 is 32.0 Å². The monoisotopic (exact) mass is 561 g/mol. The molecule has 1 heterocycles. The molecule has 0 radical (unpaired) electrons. The molecule has 3 aromatic rings. The fourth-order valence-corrected chi connectivity index (χ4v) is 5.43. The molecule has 0 spiro atoms. The summed E-state index contributed by atoms with van der Waals surface area (Å²) >= 11 is 0. The van der Waals surface area contributed by atoms with Crippen molar-refractivity contribution in [1.82, 2.24) is 4.98 Å². The zero-order valence-corrected chi connectivity index (χ0v) is 24.1. The molecular formula is C33H47N5O3. The molecule has 222 valence electrons.